The Morgan fingerprint density at radius 2 is 2.12 bits per heavy atom. The molecular formula is C18H17FN4O. The Morgan fingerprint density at radius 3 is 2.92 bits per heavy atom. The Morgan fingerprint density at radius 1 is 1.25 bits per heavy atom. The predicted octanol–water partition coefficient (Wildman–Crippen LogP) is 3.23. The molecule has 122 valence electrons. The van der Waals surface area contributed by atoms with Crippen LogP contribution in [0.1, 0.15) is 17.5 Å². The second kappa shape index (κ2) is 5.72. The summed E-state index contributed by atoms with van der Waals surface area (Å²) in [6.07, 6.45) is 6.44. The first-order valence-electron chi connectivity index (χ1n) is 7.81. The van der Waals surface area contributed by atoms with Gasteiger partial charge in [-0.05, 0) is 42.7 Å². The fourth-order valence-corrected chi connectivity index (χ4v) is 3.02. The number of nitrogens with two attached hydrogens (primary N) is 1. The minimum Gasteiger partial charge on any atom is -0.396 e. The maximum Gasteiger partial charge on any atom is 0.161 e. The van der Waals surface area contributed by atoms with Gasteiger partial charge in [0, 0.05) is 23.5 Å². The fraction of sp³-hybridized carbons (Fsp3) is 0.222. The molecule has 1 aromatic carbocycles. The van der Waals surface area contributed by atoms with Crippen LogP contribution in [0.5, 0.6) is 0 Å². The number of fused-ring (bicyclic) bond motifs is 1. The van der Waals surface area contributed by atoms with Gasteiger partial charge < -0.3 is 10.5 Å². The van der Waals surface area contributed by atoms with Gasteiger partial charge in [-0.25, -0.2) is 13.9 Å². The molecule has 0 radical (unpaired) electrons. The molecule has 5 nitrogen and oxygen atoms in total. The smallest absolute Gasteiger partial charge is 0.161 e. The first-order valence-corrected chi connectivity index (χ1v) is 7.81. The Balaban J connectivity index is 1.94. The summed E-state index contributed by atoms with van der Waals surface area (Å²) in [6.45, 7) is 3.15. The number of anilines is 1. The van der Waals surface area contributed by atoms with Gasteiger partial charge >= 0.3 is 0 Å². The summed E-state index contributed by atoms with van der Waals surface area (Å²) >= 11 is 0. The van der Waals surface area contributed by atoms with E-state index >= 15 is 0 Å². The lowest BCUT2D eigenvalue weighted by molar-refractivity contribution is 0.161. The van der Waals surface area contributed by atoms with Gasteiger partial charge in [-0.15, -0.1) is 0 Å². The number of hydrogen-bond donors (Lipinski definition) is 1. The van der Waals surface area contributed by atoms with E-state index in [1.165, 1.54) is 11.6 Å². The van der Waals surface area contributed by atoms with Crippen molar-refractivity contribution in [3.8, 4) is 11.3 Å². The van der Waals surface area contributed by atoms with Crippen LogP contribution >= 0.6 is 0 Å². The van der Waals surface area contributed by atoms with Gasteiger partial charge in [0.25, 0.3) is 0 Å². The lowest BCUT2D eigenvalue weighted by Crippen LogP contribution is -2.07. The van der Waals surface area contributed by atoms with Crippen LogP contribution in [0.4, 0.5) is 10.1 Å². The number of nitrogen functional groups attached to an aromatic ring is 1. The minimum atomic E-state index is -0.410. The third-order valence-electron chi connectivity index (χ3n) is 4.29. The Labute approximate surface area is 138 Å². The second-order valence-corrected chi connectivity index (χ2v) is 5.88. The second-order valence-electron chi connectivity index (χ2n) is 5.88. The Kier molecular flexibility index (Phi) is 3.54. The zero-order valence-electron chi connectivity index (χ0n) is 13.3. The third-order valence-corrected chi connectivity index (χ3v) is 4.29. The van der Waals surface area contributed by atoms with E-state index in [9.17, 15) is 4.39 Å². The van der Waals surface area contributed by atoms with Crippen molar-refractivity contribution in [2.45, 2.75) is 13.3 Å². The first kappa shape index (κ1) is 14.8. The highest BCUT2D eigenvalue weighted by molar-refractivity contribution is 5.80. The molecule has 0 spiro atoms. The van der Waals surface area contributed by atoms with E-state index < -0.39 is 5.82 Å². The van der Waals surface area contributed by atoms with E-state index in [-0.39, 0.29) is 5.69 Å². The van der Waals surface area contributed by atoms with Gasteiger partial charge in [-0.2, -0.15) is 5.10 Å². The summed E-state index contributed by atoms with van der Waals surface area (Å²) in [7, 11) is 0. The molecule has 4 rings (SSSR count). The molecule has 3 aromatic rings. The summed E-state index contributed by atoms with van der Waals surface area (Å²) in [5, 5.41) is 4.61. The van der Waals surface area contributed by atoms with Crippen molar-refractivity contribution in [2.75, 3.05) is 18.9 Å². The van der Waals surface area contributed by atoms with Crippen molar-refractivity contribution in [1.29, 1.82) is 0 Å². The number of aromatic nitrogens is 3. The van der Waals surface area contributed by atoms with Gasteiger partial charge in [0.1, 0.15) is 5.82 Å². The van der Waals surface area contributed by atoms with Crippen molar-refractivity contribution in [1.82, 2.24) is 14.6 Å². The first-order chi connectivity index (χ1) is 11.6. The van der Waals surface area contributed by atoms with E-state index in [1.54, 1.807) is 16.8 Å². The summed E-state index contributed by atoms with van der Waals surface area (Å²) in [6, 6.07) is 5.08. The third kappa shape index (κ3) is 2.45. The maximum atomic E-state index is 13.7. The fourth-order valence-electron chi connectivity index (χ4n) is 3.02. The van der Waals surface area contributed by atoms with Crippen molar-refractivity contribution in [3.63, 3.8) is 0 Å². The van der Waals surface area contributed by atoms with Crippen LogP contribution in [0.2, 0.25) is 0 Å². The molecule has 0 fully saturated rings. The van der Waals surface area contributed by atoms with Crippen molar-refractivity contribution in [3.05, 3.63) is 53.6 Å². The molecule has 3 heterocycles. The molecule has 24 heavy (non-hydrogen) atoms. The number of aryl methyl sites for hydroxylation is 1. The number of benzene rings is 1. The van der Waals surface area contributed by atoms with E-state index in [4.69, 9.17) is 10.5 Å². The highest BCUT2D eigenvalue weighted by atomic mass is 19.1. The summed E-state index contributed by atoms with van der Waals surface area (Å²) < 4.78 is 20.8. The molecule has 0 saturated carbocycles. The number of halogens is 1. The molecule has 0 saturated heterocycles. The number of rotatable bonds is 2. The largest absolute Gasteiger partial charge is 0.396 e. The van der Waals surface area contributed by atoms with Crippen LogP contribution in [-0.4, -0.2) is 27.8 Å². The van der Waals surface area contributed by atoms with E-state index in [0.29, 0.717) is 13.2 Å². The monoisotopic (exact) mass is 324 g/mol. The van der Waals surface area contributed by atoms with Crippen LogP contribution < -0.4 is 5.73 Å². The number of hydrogen-bond acceptors (Lipinski definition) is 4. The van der Waals surface area contributed by atoms with Crippen LogP contribution in [0.15, 0.2) is 36.7 Å². The van der Waals surface area contributed by atoms with Gasteiger partial charge in [0.2, 0.25) is 0 Å². The average Bonchev–Trinajstić information content (AvgIpc) is 3.06. The summed E-state index contributed by atoms with van der Waals surface area (Å²) in [4.78, 5) is 4.42. The molecule has 1 aliphatic heterocycles. The van der Waals surface area contributed by atoms with Crippen LogP contribution in [0.3, 0.4) is 0 Å². The predicted molar refractivity (Wildman–Crippen MR) is 90.9 cm³/mol. The van der Waals surface area contributed by atoms with Crippen LogP contribution in [-0.2, 0) is 4.74 Å². The molecule has 0 bridgehead atoms. The van der Waals surface area contributed by atoms with Crippen molar-refractivity contribution < 1.29 is 9.13 Å². The van der Waals surface area contributed by atoms with Gasteiger partial charge in [-0.3, -0.25) is 0 Å². The van der Waals surface area contributed by atoms with Crippen LogP contribution in [0, 0.1) is 12.7 Å². The lowest BCUT2D eigenvalue weighted by Gasteiger charge is -2.16. The number of imidazole rings is 1. The number of ether oxygens (including phenoxy) is 1. The molecule has 0 aliphatic carbocycles. The normalized spacial score (nSPS) is 14.8. The molecule has 1 aliphatic rings. The van der Waals surface area contributed by atoms with Gasteiger partial charge in [-0.1, -0.05) is 6.08 Å². The zero-order valence-corrected chi connectivity index (χ0v) is 13.3. The molecule has 6 heteroatoms. The molecule has 0 amide bonds. The molecular weight excluding hydrogens is 307 g/mol. The van der Waals surface area contributed by atoms with E-state index in [0.717, 1.165) is 34.5 Å². The topological polar surface area (TPSA) is 65.4 Å². The molecule has 2 N–H and O–H groups in total. The molecule has 2 aromatic heterocycles. The van der Waals surface area contributed by atoms with Gasteiger partial charge in [0.15, 0.2) is 5.65 Å². The molecule has 0 atom stereocenters. The standard InChI is InChI=1S/C18H17FN4O/c1-11-8-15(19)16(20)9-13(11)17-10-14(12-2-6-24-7-3-12)18-21-4-5-23(18)22-17/h2,4-5,8-10H,3,6-7,20H2,1H3. The number of nitrogens with zero attached hydrogens (tertiary/aromatic N) is 3. The Bertz CT molecular complexity index is 961. The van der Waals surface area contributed by atoms with Crippen molar-refractivity contribution >= 4 is 16.9 Å². The van der Waals surface area contributed by atoms with Crippen LogP contribution in [0.25, 0.3) is 22.5 Å². The zero-order chi connectivity index (χ0) is 16.7. The molecule has 0 unspecified atom stereocenters. The minimum absolute atomic E-state index is 0.120. The average molecular weight is 324 g/mol. The summed E-state index contributed by atoms with van der Waals surface area (Å²) in [5.41, 5.74) is 11.2. The van der Waals surface area contributed by atoms with Crippen molar-refractivity contribution in [2.24, 2.45) is 0 Å². The van der Waals surface area contributed by atoms with E-state index in [2.05, 4.69) is 16.2 Å². The lowest BCUT2D eigenvalue weighted by atomic mass is 9.99. The highest BCUT2D eigenvalue weighted by Crippen LogP contribution is 2.31. The van der Waals surface area contributed by atoms with Gasteiger partial charge in [0.05, 0.1) is 24.6 Å². The summed E-state index contributed by atoms with van der Waals surface area (Å²) in [5.74, 6) is -0.410. The maximum absolute atomic E-state index is 13.7. The highest BCUT2D eigenvalue weighted by Gasteiger charge is 2.16. The quantitative estimate of drug-likeness (QED) is 0.735. The Hall–Kier alpha value is -2.73. The SMILES string of the molecule is Cc1cc(F)c(N)cc1-c1cc(C2=CCOCC2)c2nccn2n1. The van der Waals surface area contributed by atoms with E-state index in [1.807, 2.05) is 19.2 Å².